The van der Waals surface area contributed by atoms with Crippen molar-refractivity contribution in [2.45, 2.75) is 0 Å². The molecular weight excluding hydrogens is 418 g/mol. The van der Waals surface area contributed by atoms with Crippen LogP contribution in [0.3, 0.4) is 0 Å². The monoisotopic (exact) mass is 435 g/mol. The zero-order valence-electron chi connectivity index (χ0n) is 17.3. The number of carbonyl (C=O) groups excluding carboxylic acids is 2. The van der Waals surface area contributed by atoms with E-state index in [-0.39, 0.29) is 22.6 Å². The Hall–Kier alpha value is -4.58. The summed E-state index contributed by atoms with van der Waals surface area (Å²) in [5.74, 6) is -1.05. The molecule has 0 N–H and O–H groups in total. The van der Waals surface area contributed by atoms with Crippen molar-refractivity contribution in [3.63, 3.8) is 0 Å². The maximum Gasteiger partial charge on any atom is 0.351 e. The molecule has 0 amide bonds. The average Bonchev–Trinajstić information content (AvgIpc) is 2.81. The van der Waals surface area contributed by atoms with Crippen molar-refractivity contribution < 1.29 is 33.0 Å². The number of rotatable bonds is 6. The lowest BCUT2D eigenvalue weighted by Crippen LogP contribution is -2.19. The number of fused-ring (bicyclic) bond motifs is 1. The maximum absolute atomic E-state index is 12.7. The van der Waals surface area contributed by atoms with Gasteiger partial charge in [0.05, 0.1) is 21.3 Å². The molecule has 0 aliphatic rings. The molecule has 1 heterocycles. The zero-order chi connectivity index (χ0) is 23.3. The molecule has 1 aromatic heterocycles. The molecule has 162 valence electrons. The Morgan fingerprint density at radius 2 is 1.78 bits per heavy atom. The maximum atomic E-state index is 12.7. The minimum absolute atomic E-state index is 0.0244. The van der Waals surface area contributed by atoms with Gasteiger partial charge in [0.25, 0.3) is 0 Å². The van der Waals surface area contributed by atoms with Gasteiger partial charge >= 0.3 is 17.6 Å². The fourth-order valence-electron chi connectivity index (χ4n) is 2.80. The van der Waals surface area contributed by atoms with Gasteiger partial charge in [-0.1, -0.05) is 6.07 Å². The molecule has 0 aliphatic heterocycles. The summed E-state index contributed by atoms with van der Waals surface area (Å²) in [6, 6.07) is 12.3. The van der Waals surface area contributed by atoms with Crippen molar-refractivity contribution in [2.75, 3.05) is 21.3 Å². The SMILES string of the molecule is COC(=O)/C(C#N)=C/c1ccc(OC(=O)c2cc3cc(OC)ccc3oc2=O)c(OC)c1. The molecule has 3 rings (SSSR count). The van der Waals surface area contributed by atoms with Crippen LogP contribution < -0.4 is 19.8 Å². The Morgan fingerprint density at radius 3 is 2.44 bits per heavy atom. The molecule has 0 saturated carbocycles. The van der Waals surface area contributed by atoms with E-state index < -0.39 is 17.6 Å². The molecule has 3 aromatic rings. The van der Waals surface area contributed by atoms with Gasteiger partial charge in [0.1, 0.15) is 28.5 Å². The van der Waals surface area contributed by atoms with Gasteiger partial charge in [0.2, 0.25) is 0 Å². The van der Waals surface area contributed by atoms with Gasteiger partial charge in [-0.3, -0.25) is 0 Å². The van der Waals surface area contributed by atoms with E-state index in [1.165, 1.54) is 44.6 Å². The van der Waals surface area contributed by atoms with E-state index in [4.69, 9.17) is 23.9 Å². The molecule has 0 saturated heterocycles. The van der Waals surface area contributed by atoms with Gasteiger partial charge in [-0.05, 0) is 48.0 Å². The number of nitriles is 1. The highest BCUT2D eigenvalue weighted by Gasteiger charge is 2.19. The van der Waals surface area contributed by atoms with Crippen molar-refractivity contribution >= 4 is 29.0 Å². The van der Waals surface area contributed by atoms with E-state index in [9.17, 15) is 14.4 Å². The van der Waals surface area contributed by atoms with Gasteiger partial charge in [-0.2, -0.15) is 5.26 Å². The number of esters is 2. The number of carbonyl (C=O) groups is 2. The van der Waals surface area contributed by atoms with Crippen LogP contribution in [0.5, 0.6) is 17.2 Å². The third kappa shape index (κ3) is 4.60. The first kappa shape index (κ1) is 22.1. The summed E-state index contributed by atoms with van der Waals surface area (Å²) < 4.78 is 25.4. The quantitative estimate of drug-likeness (QED) is 0.189. The van der Waals surface area contributed by atoms with Crippen LogP contribution in [0.15, 0.2) is 57.2 Å². The molecule has 2 aromatic carbocycles. The van der Waals surface area contributed by atoms with Crippen LogP contribution in [0.1, 0.15) is 15.9 Å². The summed E-state index contributed by atoms with van der Waals surface area (Å²) in [4.78, 5) is 36.5. The van der Waals surface area contributed by atoms with Gasteiger partial charge in [-0.25, -0.2) is 14.4 Å². The zero-order valence-corrected chi connectivity index (χ0v) is 17.3. The van der Waals surface area contributed by atoms with Crippen LogP contribution >= 0.6 is 0 Å². The Morgan fingerprint density at radius 1 is 1.00 bits per heavy atom. The number of hydrogen-bond acceptors (Lipinski definition) is 9. The standard InChI is InChI=1S/C23H17NO8/c1-28-16-5-7-18-14(10-16)11-17(22(26)31-18)23(27)32-19-6-4-13(9-20(19)29-2)8-15(12-24)21(25)30-3/h4-11H,1-3H3/b15-8+. The van der Waals surface area contributed by atoms with Crippen LogP contribution in [0.4, 0.5) is 0 Å². The molecule has 9 nitrogen and oxygen atoms in total. The molecule has 32 heavy (non-hydrogen) atoms. The minimum Gasteiger partial charge on any atom is -0.497 e. The molecular formula is C23H17NO8. The number of hydrogen-bond donors (Lipinski definition) is 0. The van der Waals surface area contributed by atoms with Gasteiger partial charge in [0.15, 0.2) is 11.5 Å². The molecule has 0 aliphatic carbocycles. The highest BCUT2D eigenvalue weighted by molar-refractivity contribution is 5.98. The lowest BCUT2D eigenvalue weighted by molar-refractivity contribution is -0.135. The number of benzene rings is 2. The third-order valence-electron chi connectivity index (χ3n) is 4.39. The Labute approximate surface area is 182 Å². The normalized spacial score (nSPS) is 10.9. The predicted octanol–water partition coefficient (Wildman–Crippen LogP) is 3.11. The lowest BCUT2D eigenvalue weighted by atomic mass is 10.1. The largest absolute Gasteiger partial charge is 0.497 e. The van der Waals surface area contributed by atoms with Crippen molar-refractivity contribution in [2.24, 2.45) is 0 Å². The van der Waals surface area contributed by atoms with Crippen molar-refractivity contribution in [3.05, 3.63) is 69.6 Å². The Kier molecular flexibility index (Phi) is 6.56. The van der Waals surface area contributed by atoms with E-state index in [1.54, 1.807) is 24.3 Å². The third-order valence-corrected chi connectivity index (χ3v) is 4.39. The van der Waals surface area contributed by atoms with E-state index in [2.05, 4.69) is 4.74 Å². The van der Waals surface area contributed by atoms with E-state index in [1.807, 2.05) is 0 Å². The average molecular weight is 435 g/mol. The van der Waals surface area contributed by atoms with E-state index >= 15 is 0 Å². The van der Waals surface area contributed by atoms with Crippen molar-refractivity contribution in [3.8, 4) is 23.3 Å². The fraction of sp³-hybridized carbons (Fsp3) is 0.130. The molecule has 0 fully saturated rings. The molecule has 0 spiro atoms. The second-order valence-electron chi connectivity index (χ2n) is 6.31. The summed E-state index contributed by atoms with van der Waals surface area (Å²) >= 11 is 0. The molecule has 0 bridgehead atoms. The topological polar surface area (TPSA) is 125 Å². The summed E-state index contributed by atoms with van der Waals surface area (Å²) in [7, 11) is 4.00. The van der Waals surface area contributed by atoms with Crippen LogP contribution in [-0.2, 0) is 9.53 Å². The van der Waals surface area contributed by atoms with Crippen molar-refractivity contribution in [1.29, 1.82) is 5.26 Å². The first-order valence-corrected chi connectivity index (χ1v) is 9.12. The van der Waals surface area contributed by atoms with Crippen LogP contribution in [0, 0.1) is 11.3 Å². The number of ether oxygens (including phenoxy) is 4. The van der Waals surface area contributed by atoms with E-state index in [0.29, 0.717) is 22.3 Å². The van der Waals surface area contributed by atoms with E-state index in [0.717, 1.165) is 7.11 Å². The highest BCUT2D eigenvalue weighted by Crippen LogP contribution is 2.30. The lowest BCUT2D eigenvalue weighted by Gasteiger charge is -2.10. The molecule has 0 atom stereocenters. The highest BCUT2D eigenvalue weighted by atomic mass is 16.6. The fourth-order valence-corrected chi connectivity index (χ4v) is 2.80. The number of nitrogens with zero attached hydrogens (tertiary/aromatic N) is 1. The molecule has 0 unspecified atom stereocenters. The Balaban J connectivity index is 1.93. The molecule has 0 radical (unpaired) electrons. The summed E-state index contributed by atoms with van der Waals surface area (Å²) in [6.07, 6.45) is 1.30. The summed E-state index contributed by atoms with van der Waals surface area (Å²) in [5.41, 5.74) is -0.665. The van der Waals surface area contributed by atoms with Crippen molar-refractivity contribution in [1.82, 2.24) is 0 Å². The molecule has 9 heteroatoms. The minimum atomic E-state index is -0.947. The smallest absolute Gasteiger partial charge is 0.351 e. The number of methoxy groups -OCH3 is 3. The second kappa shape index (κ2) is 9.49. The summed E-state index contributed by atoms with van der Waals surface area (Å²) in [5, 5.41) is 9.56. The Bertz CT molecular complexity index is 1330. The summed E-state index contributed by atoms with van der Waals surface area (Å²) in [6.45, 7) is 0. The first-order valence-electron chi connectivity index (χ1n) is 9.12. The van der Waals surface area contributed by atoms with Crippen LogP contribution in [-0.4, -0.2) is 33.3 Å². The van der Waals surface area contributed by atoms with Gasteiger partial charge in [-0.15, -0.1) is 0 Å². The predicted molar refractivity (Wildman–Crippen MR) is 113 cm³/mol. The van der Waals surface area contributed by atoms with Crippen LogP contribution in [0.25, 0.3) is 17.0 Å². The van der Waals surface area contributed by atoms with Gasteiger partial charge < -0.3 is 23.4 Å². The van der Waals surface area contributed by atoms with Gasteiger partial charge in [0, 0.05) is 5.39 Å². The first-order chi connectivity index (χ1) is 15.4. The second-order valence-corrected chi connectivity index (χ2v) is 6.31. The van der Waals surface area contributed by atoms with Crippen LogP contribution in [0.2, 0.25) is 0 Å².